The summed E-state index contributed by atoms with van der Waals surface area (Å²) >= 11 is 0. The number of nitrogens with one attached hydrogen (secondary N) is 3. The van der Waals surface area contributed by atoms with Crippen molar-refractivity contribution in [3.8, 4) is 11.6 Å². The number of amides is 4. The normalized spacial score (nSPS) is 29.3. The molecule has 15 nitrogen and oxygen atoms in total. The van der Waals surface area contributed by atoms with Crippen LogP contribution in [0.3, 0.4) is 0 Å². The number of alkyl carbamates (subject to hydrolysis) is 1. The fourth-order valence-corrected chi connectivity index (χ4v) is 8.54. The van der Waals surface area contributed by atoms with Gasteiger partial charge in [0.25, 0.3) is 5.91 Å². The van der Waals surface area contributed by atoms with Crippen molar-refractivity contribution in [3.63, 3.8) is 0 Å². The Morgan fingerprint density at radius 2 is 1.83 bits per heavy atom. The third-order valence-electron chi connectivity index (χ3n) is 11.7. The number of allylic oxidation sites excluding steroid dienone is 1. The first-order chi connectivity index (χ1) is 25.6. The number of carbonyl (C=O) groups excluding carboxylic acids is 4. The van der Waals surface area contributed by atoms with Crippen molar-refractivity contribution in [2.24, 2.45) is 11.3 Å². The molecule has 3 heterocycles. The van der Waals surface area contributed by atoms with Crippen LogP contribution in [-0.2, 0) is 29.1 Å². The van der Waals surface area contributed by atoms with E-state index < -0.39 is 68.2 Å². The number of aromatic nitrogens is 2. The quantitative estimate of drug-likeness (QED) is 0.316. The SMILES string of the molecule is COc1ccc2nc(C)c(O[C@@H]3C[C@H]4C(=O)N[C@]5(C(=O)NS(=O)(=O)C6(C)CC6)C[C@H]5/C=C/CCCCC[C@H](NC(=O)OCC5(C)CC5)C(=O)N4C3)nc2c1. The number of benzene rings is 1. The summed E-state index contributed by atoms with van der Waals surface area (Å²) in [7, 11) is -2.43. The number of sulfonamides is 1. The second-order valence-corrected chi connectivity index (χ2v) is 18.5. The first-order valence-electron chi connectivity index (χ1n) is 18.9. The minimum Gasteiger partial charge on any atom is -0.497 e. The zero-order valence-corrected chi connectivity index (χ0v) is 32.1. The Balaban J connectivity index is 1.17. The number of nitrogens with zero attached hydrogens (tertiary/aromatic N) is 3. The highest BCUT2D eigenvalue weighted by Gasteiger charge is 2.63. The predicted molar refractivity (Wildman–Crippen MR) is 197 cm³/mol. The Hall–Kier alpha value is -4.47. The molecule has 4 amide bonds. The van der Waals surface area contributed by atoms with Gasteiger partial charge in [0.1, 0.15) is 35.2 Å². The molecule has 5 atom stereocenters. The molecule has 0 bridgehead atoms. The number of hydrogen-bond donors (Lipinski definition) is 3. The van der Waals surface area contributed by atoms with E-state index in [1.165, 1.54) is 4.90 Å². The van der Waals surface area contributed by atoms with Gasteiger partial charge in [-0.05, 0) is 77.3 Å². The van der Waals surface area contributed by atoms with Crippen LogP contribution in [0.2, 0.25) is 0 Å². The molecule has 0 spiro atoms. The molecule has 0 unspecified atom stereocenters. The van der Waals surface area contributed by atoms with Crippen molar-refractivity contribution >= 4 is 44.9 Å². The molecule has 4 fully saturated rings. The molecule has 1 saturated heterocycles. The van der Waals surface area contributed by atoms with Gasteiger partial charge in [-0.25, -0.2) is 23.2 Å². The van der Waals surface area contributed by atoms with E-state index in [4.69, 9.17) is 14.2 Å². The molecule has 3 saturated carbocycles. The van der Waals surface area contributed by atoms with Gasteiger partial charge in [0, 0.05) is 23.8 Å². The van der Waals surface area contributed by atoms with Crippen molar-refractivity contribution in [1.82, 2.24) is 30.2 Å². The van der Waals surface area contributed by atoms with Gasteiger partial charge in [-0.3, -0.25) is 19.1 Å². The topological polar surface area (TPSA) is 195 Å². The molecule has 1 aromatic carbocycles. The van der Waals surface area contributed by atoms with Crippen LogP contribution in [0.15, 0.2) is 30.4 Å². The first kappa shape index (κ1) is 37.8. The van der Waals surface area contributed by atoms with E-state index >= 15 is 0 Å². The number of methoxy groups -OCH3 is 1. The molecule has 2 aliphatic heterocycles. The Morgan fingerprint density at radius 1 is 1.06 bits per heavy atom. The van der Waals surface area contributed by atoms with E-state index in [1.54, 1.807) is 39.2 Å². The molecule has 16 heteroatoms. The standard InChI is InChI=1S/C38H50N6O9S/c1-23-32(40-29-18-25(51-4)12-13-27(29)39-23)53-26-19-30-31(45)42-38(34(47)43-54(49,50)37(3)16-17-37)20-24(38)10-8-6-5-7-9-11-28(33(46)44(30)21-26)41-35(48)52-22-36(2)14-15-36/h8,10,12-13,18,24,26,28,30H,5-7,9,11,14-17,19-22H2,1-4H3,(H,41,48)(H,42,45)(H,43,47)/b10-8+/t24-,26-,28+,30+,38-/m1/s1. The van der Waals surface area contributed by atoms with E-state index in [0.29, 0.717) is 54.6 Å². The summed E-state index contributed by atoms with van der Waals surface area (Å²) in [5, 5.41) is 5.66. The van der Waals surface area contributed by atoms with Crippen LogP contribution in [0.1, 0.15) is 90.2 Å². The molecular formula is C38H50N6O9S. The van der Waals surface area contributed by atoms with Crippen LogP contribution >= 0.6 is 0 Å². The Kier molecular flexibility index (Phi) is 10.0. The van der Waals surface area contributed by atoms with Gasteiger partial charge in [-0.1, -0.05) is 31.9 Å². The van der Waals surface area contributed by atoms with Crippen molar-refractivity contribution in [1.29, 1.82) is 0 Å². The lowest BCUT2D eigenvalue weighted by molar-refractivity contribution is -0.141. The molecule has 3 N–H and O–H groups in total. The summed E-state index contributed by atoms with van der Waals surface area (Å²) < 4.78 is 44.7. The maximum Gasteiger partial charge on any atom is 0.407 e. The summed E-state index contributed by atoms with van der Waals surface area (Å²) in [6.45, 7) is 5.61. The van der Waals surface area contributed by atoms with E-state index in [9.17, 15) is 27.6 Å². The van der Waals surface area contributed by atoms with Gasteiger partial charge in [-0.2, -0.15) is 0 Å². The minimum atomic E-state index is -3.99. The highest BCUT2D eigenvalue weighted by Crippen LogP contribution is 2.48. The average molecular weight is 767 g/mol. The smallest absolute Gasteiger partial charge is 0.407 e. The van der Waals surface area contributed by atoms with E-state index in [2.05, 4.69) is 25.3 Å². The fourth-order valence-electron chi connectivity index (χ4n) is 7.23. The van der Waals surface area contributed by atoms with Crippen molar-refractivity contribution in [2.45, 2.75) is 120 Å². The molecule has 1 aromatic heterocycles. The monoisotopic (exact) mass is 766 g/mol. The number of rotatable bonds is 9. The van der Waals surface area contributed by atoms with Crippen LogP contribution in [-0.4, -0.2) is 95.8 Å². The largest absolute Gasteiger partial charge is 0.497 e. The second-order valence-electron chi connectivity index (χ2n) is 16.3. The zero-order chi connectivity index (χ0) is 38.5. The lowest BCUT2D eigenvalue weighted by Gasteiger charge is -2.30. The second kappa shape index (κ2) is 14.3. The summed E-state index contributed by atoms with van der Waals surface area (Å²) in [5.41, 5.74) is 0.121. The van der Waals surface area contributed by atoms with Crippen LogP contribution in [0.5, 0.6) is 11.6 Å². The number of ether oxygens (including phenoxy) is 3. The molecule has 54 heavy (non-hydrogen) atoms. The van der Waals surface area contributed by atoms with E-state index in [0.717, 1.165) is 25.7 Å². The van der Waals surface area contributed by atoms with Crippen molar-refractivity contribution in [2.75, 3.05) is 20.3 Å². The van der Waals surface area contributed by atoms with Gasteiger partial charge in [0.15, 0.2) is 0 Å². The Morgan fingerprint density at radius 3 is 2.56 bits per heavy atom. The number of carbonyl (C=O) groups is 4. The van der Waals surface area contributed by atoms with Crippen molar-refractivity contribution < 1.29 is 41.8 Å². The van der Waals surface area contributed by atoms with Gasteiger partial charge < -0.3 is 29.7 Å². The summed E-state index contributed by atoms with van der Waals surface area (Å²) in [6.07, 6.45) is 8.68. The molecule has 7 rings (SSSR count). The molecule has 5 aliphatic rings. The van der Waals surface area contributed by atoms with Crippen molar-refractivity contribution in [3.05, 3.63) is 36.0 Å². The minimum absolute atomic E-state index is 0.0191. The third kappa shape index (κ3) is 7.85. The van der Waals surface area contributed by atoms with Crippen LogP contribution in [0, 0.1) is 18.3 Å². The maximum absolute atomic E-state index is 14.5. The van der Waals surface area contributed by atoms with E-state index in [-0.39, 0.29) is 37.3 Å². The summed E-state index contributed by atoms with van der Waals surface area (Å²) in [6, 6.07) is 3.21. The predicted octanol–water partition coefficient (Wildman–Crippen LogP) is 3.58. The van der Waals surface area contributed by atoms with Crippen LogP contribution in [0.4, 0.5) is 4.79 Å². The number of aryl methyl sites for hydroxylation is 1. The molecule has 2 aromatic rings. The molecular weight excluding hydrogens is 717 g/mol. The number of hydrogen-bond acceptors (Lipinski definition) is 11. The maximum atomic E-state index is 14.5. The van der Waals surface area contributed by atoms with Crippen LogP contribution < -0.4 is 24.8 Å². The Bertz CT molecular complexity index is 1980. The van der Waals surface area contributed by atoms with Crippen LogP contribution in [0.25, 0.3) is 11.0 Å². The Labute approximate surface area is 315 Å². The lowest BCUT2D eigenvalue weighted by Crippen LogP contribution is -2.58. The zero-order valence-electron chi connectivity index (χ0n) is 31.3. The highest BCUT2D eigenvalue weighted by atomic mass is 32.2. The van der Waals surface area contributed by atoms with E-state index in [1.807, 2.05) is 19.1 Å². The molecule has 3 aliphatic carbocycles. The van der Waals surface area contributed by atoms with Gasteiger partial charge in [-0.15, -0.1) is 0 Å². The van der Waals surface area contributed by atoms with Gasteiger partial charge in [0.2, 0.25) is 27.7 Å². The van der Waals surface area contributed by atoms with Gasteiger partial charge >= 0.3 is 6.09 Å². The highest BCUT2D eigenvalue weighted by molar-refractivity contribution is 7.91. The number of fused-ring (bicyclic) bond motifs is 3. The summed E-state index contributed by atoms with van der Waals surface area (Å²) in [5.74, 6) is -1.52. The fraction of sp³-hybridized carbons (Fsp3) is 0.632. The first-order valence-corrected chi connectivity index (χ1v) is 20.4. The third-order valence-corrected chi connectivity index (χ3v) is 13.9. The summed E-state index contributed by atoms with van der Waals surface area (Å²) in [4.78, 5) is 66.4. The molecule has 292 valence electrons. The lowest BCUT2D eigenvalue weighted by atomic mass is 10.0. The van der Waals surface area contributed by atoms with Gasteiger partial charge in [0.05, 0.1) is 36.0 Å². The average Bonchev–Trinajstić information content (AvgIpc) is 4.09. The molecule has 0 radical (unpaired) electrons.